The van der Waals surface area contributed by atoms with Gasteiger partial charge in [-0.1, -0.05) is 6.07 Å². The normalized spacial score (nSPS) is 12.4. The van der Waals surface area contributed by atoms with Gasteiger partial charge in [-0.2, -0.15) is 17.9 Å². The summed E-state index contributed by atoms with van der Waals surface area (Å²) in [6, 6.07) is 5.14. The van der Waals surface area contributed by atoms with Crippen LogP contribution in [0.15, 0.2) is 18.2 Å². The van der Waals surface area contributed by atoms with Crippen LogP contribution in [0.5, 0.6) is 5.75 Å². The van der Waals surface area contributed by atoms with Crippen molar-refractivity contribution in [2.24, 2.45) is 0 Å². The third-order valence-electron chi connectivity index (χ3n) is 2.20. The summed E-state index contributed by atoms with van der Waals surface area (Å²) < 4.78 is 33.5. The zero-order chi connectivity index (χ0) is 14.7. The summed E-state index contributed by atoms with van der Waals surface area (Å²) in [5.74, 6) is 0.569. The highest BCUT2D eigenvalue weighted by atomic mass is 32.2. The van der Waals surface area contributed by atoms with Crippen LogP contribution in [0.4, 0.5) is 5.69 Å². The molecule has 0 spiro atoms. The summed E-state index contributed by atoms with van der Waals surface area (Å²) in [7, 11) is -2.01. The Morgan fingerprint density at radius 1 is 1.32 bits per heavy atom. The van der Waals surface area contributed by atoms with Crippen LogP contribution in [0, 0.1) is 0 Å². The molecule has 1 rings (SSSR count). The fraction of sp³-hybridized carbons (Fsp3) is 0.500. The Morgan fingerprint density at radius 2 is 1.95 bits per heavy atom. The van der Waals surface area contributed by atoms with Gasteiger partial charge in [-0.15, -0.1) is 0 Å². The van der Waals surface area contributed by atoms with Gasteiger partial charge in [0.25, 0.3) is 10.2 Å². The van der Waals surface area contributed by atoms with Gasteiger partial charge in [-0.3, -0.25) is 0 Å². The fourth-order valence-electron chi connectivity index (χ4n) is 1.51. The van der Waals surface area contributed by atoms with E-state index in [1.807, 2.05) is 0 Å². The summed E-state index contributed by atoms with van der Waals surface area (Å²) >= 11 is 0. The van der Waals surface area contributed by atoms with E-state index in [1.165, 1.54) is 7.11 Å². The largest absolute Gasteiger partial charge is 0.495 e. The van der Waals surface area contributed by atoms with Crippen molar-refractivity contribution in [1.29, 1.82) is 0 Å². The molecule has 0 amide bonds. The molecular formula is C12H21N3O3S. The van der Waals surface area contributed by atoms with Crippen LogP contribution in [0.2, 0.25) is 0 Å². The molecule has 0 radical (unpaired) electrons. The van der Waals surface area contributed by atoms with E-state index in [4.69, 9.17) is 10.5 Å². The quantitative estimate of drug-likeness (QED) is 0.704. The highest BCUT2D eigenvalue weighted by molar-refractivity contribution is 7.87. The van der Waals surface area contributed by atoms with Gasteiger partial charge < -0.3 is 10.5 Å². The molecule has 7 heteroatoms. The van der Waals surface area contributed by atoms with Crippen LogP contribution < -0.4 is 19.9 Å². The molecule has 0 atom stereocenters. The van der Waals surface area contributed by atoms with Crippen molar-refractivity contribution in [3.05, 3.63) is 23.8 Å². The molecule has 1 aromatic rings. The molecule has 108 valence electrons. The minimum absolute atomic E-state index is 0.166. The second-order valence-corrected chi connectivity index (χ2v) is 6.75. The molecule has 0 aromatic heterocycles. The molecule has 0 heterocycles. The van der Waals surface area contributed by atoms with Crippen molar-refractivity contribution in [2.75, 3.05) is 12.8 Å². The van der Waals surface area contributed by atoms with Gasteiger partial charge in [0.2, 0.25) is 0 Å². The number of nitrogens with two attached hydrogens (primary N) is 1. The van der Waals surface area contributed by atoms with E-state index in [9.17, 15) is 8.42 Å². The molecule has 1 aromatic carbocycles. The molecule has 4 N–H and O–H groups in total. The number of benzene rings is 1. The van der Waals surface area contributed by atoms with Gasteiger partial charge >= 0.3 is 0 Å². The first-order valence-corrected chi connectivity index (χ1v) is 7.32. The number of ether oxygens (including phenoxy) is 1. The fourth-order valence-corrected chi connectivity index (χ4v) is 2.75. The average Bonchev–Trinajstić information content (AvgIpc) is 2.23. The van der Waals surface area contributed by atoms with E-state index in [0.29, 0.717) is 11.4 Å². The van der Waals surface area contributed by atoms with Crippen molar-refractivity contribution < 1.29 is 13.2 Å². The summed E-state index contributed by atoms with van der Waals surface area (Å²) in [5, 5.41) is 0. The molecule has 0 bridgehead atoms. The highest BCUT2D eigenvalue weighted by Gasteiger charge is 2.19. The Kier molecular flexibility index (Phi) is 4.78. The maximum Gasteiger partial charge on any atom is 0.277 e. The summed E-state index contributed by atoms with van der Waals surface area (Å²) in [6.45, 7) is 5.49. The molecule has 0 saturated carbocycles. The van der Waals surface area contributed by atoms with Gasteiger partial charge in [-0.25, -0.2) is 0 Å². The lowest BCUT2D eigenvalue weighted by Gasteiger charge is -2.20. The number of methoxy groups -OCH3 is 1. The molecule has 0 saturated heterocycles. The van der Waals surface area contributed by atoms with E-state index in [2.05, 4.69) is 9.44 Å². The molecule has 0 fully saturated rings. The van der Waals surface area contributed by atoms with E-state index in [0.717, 1.165) is 5.56 Å². The van der Waals surface area contributed by atoms with Crippen molar-refractivity contribution >= 4 is 15.9 Å². The number of anilines is 1. The smallest absolute Gasteiger partial charge is 0.277 e. The lowest BCUT2D eigenvalue weighted by atomic mass is 10.1. The van der Waals surface area contributed by atoms with Crippen LogP contribution in [0.1, 0.15) is 26.3 Å². The first-order chi connectivity index (χ1) is 8.63. The predicted molar refractivity (Wildman–Crippen MR) is 76.1 cm³/mol. The first-order valence-electron chi connectivity index (χ1n) is 5.84. The maximum atomic E-state index is 11.7. The SMILES string of the molecule is COc1ccc(CNS(=O)(=O)NC(C)(C)C)cc1N. The van der Waals surface area contributed by atoms with E-state index < -0.39 is 15.7 Å². The number of nitrogen functional groups attached to an aromatic ring is 1. The monoisotopic (exact) mass is 287 g/mol. The number of rotatable bonds is 5. The van der Waals surface area contributed by atoms with Crippen LogP contribution in [-0.4, -0.2) is 21.1 Å². The van der Waals surface area contributed by atoms with Crippen molar-refractivity contribution in [1.82, 2.24) is 9.44 Å². The molecule has 0 unspecified atom stereocenters. The molecule has 6 nitrogen and oxygen atoms in total. The number of nitrogens with one attached hydrogen (secondary N) is 2. The Labute approximate surface area is 114 Å². The molecule has 0 aliphatic heterocycles. The second kappa shape index (κ2) is 5.77. The minimum atomic E-state index is -3.54. The van der Waals surface area contributed by atoms with Gasteiger partial charge in [-0.05, 0) is 38.5 Å². The average molecular weight is 287 g/mol. The van der Waals surface area contributed by atoms with Crippen LogP contribution >= 0.6 is 0 Å². The van der Waals surface area contributed by atoms with Gasteiger partial charge in [0.15, 0.2) is 0 Å². The lowest BCUT2D eigenvalue weighted by Crippen LogP contribution is -2.46. The topological polar surface area (TPSA) is 93.4 Å². The minimum Gasteiger partial charge on any atom is -0.495 e. The van der Waals surface area contributed by atoms with E-state index in [-0.39, 0.29) is 6.54 Å². The standard InChI is InChI=1S/C12H21N3O3S/c1-12(2,3)15-19(16,17)14-8-9-5-6-11(18-4)10(13)7-9/h5-7,14-15H,8,13H2,1-4H3. The van der Waals surface area contributed by atoms with Gasteiger partial charge in [0, 0.05) is 12.1 Å². The Balaban J connectivity index is 2.69. The van der Waals surface area contributed by atoms with Crippen molar-refractivity contribution in [2.45, 2.75) is 32.9 Å². The van der Waals surface area contributed by atoms with Crippen molar-refractivity contribution in [3.63, 3.8) is 0 Å². The number of hydrogen-bond acceptors (Lipinski definition) is 4. The lowest BCUT2D eigenvalue weighted by molar-refractivity contribution is 0.417. The first kappa shape index (κ1) is 15.7. The maximum absolute atomic E-state index is 11.7. The highest BCUT2D eigenvalue weighted by Crippen LogP contribution is 2.21. The zero-order valence-electron chi connectivity index (χ0n) is 11.6. The Hall–Kier alpha value is -1.31. The van der Waals surface area contributed by atoms with E-state index in [1.54, 1.807) is 39.0 Å². The molecular weight excluding hydrogens is 266 g/mol. The molecule has 0 aliphatic rings. The second-order valence-electron chi connectivity index (χ2n) is 5.25. The molecule has 0 aliphatic carbocycles. The third kappa shape index (κ3) is 5.46. The van der Waals surface area contributed by atoms with Crippen LogP contribution in [0.3, 0.4) is 0 Å². The summed E-state index contributed by atoms with van der Waals surface area (Å²) in [4.78, 5) is 0. The number of hydrogen-bond donors (Lipinski definition) is 3. The van der Waals surface area contributed by atoms with Gasteiger partial charge in [0.05, 0.1) is 12.8 Å². The van der Waals surface area contributed by atoms with Crippen LogP contribution in [-0.2, 0) is 16.8 Å². The summed E-state index contributed by atoms with van der Waals surface area (Å²) in [5.41, 5.74) is 6.47. The van der Waals surface area contributed by atoms with Crippen LogP contribution in [0.25, 0.3) is 0 Å². The zero-order valence-corrected chi connectivity index (χ0v) is 12.5. The summed E-state index contributed by atoms with van der Waals surface area (Å²) in [6.07, 6.45) is 0. The molecule has 19 heavy (non-hydrogen) atoms. The van der Waals surface area contributed by atoms with E-state index >= 15 is 0 Å². The van der Waals surface area contributed by atoms with Gasteiger partial charge in [0.1, 0.15) is 5.75 Å². The predicted octanol–water partition coefficient (Wildman–Crippen LogP) is 1.000. The Morgan fingerprint density at radius 3 is 2.42 bits per heavy atom. The Bertz CT molecular complexity index is 536. The third-order valence-corrected chi connectivity index (χ3v) is 3.61. The van der Waals surface area contributed by atoms with Crippen molar-refractivity contribution in [3.8, 4) is 5.75 Å².